The van der Waals surface area contributed by atoms with Crippen LogP contribution >= 0.6 is 31.9 Å². The molecule has 3 nitrogen and oxygen atoms in total. The first-order chi connectivity index (χ1) is 10.1. The summed E-state index contributed by atoms with van der Waals surface area (Å²) in [6.45, 7) is 2.82. The monoisotopic (exact) mass is 414 g/mol. The van der Waals surface area contributed by atoms with Gasteiger partial charge in [0, 0.05) is 33.6 Å². The molecule has 114 valence electrons. The third-order valence-electron chi connectivity index (χ3n) is 4.18. The Morgan fingerprint density at radius 3 is 2.43 bits per heavy atom. The minimum Gasteiger partial charge on any atom is -0.337 e. The molecule has 3 rings (SSSR count). The van der Waals surface area contributed by atoms with Gasteiger partial charge in [0.05, 0.1) is 0 Å². The molecule has 0 radical (unpaired) electrons. The van der Waals surface area contributed by atoms with Crippen molar-refractivity contribution < 1.29 is 4.79 Å². The molecule has 5 heteroatoms. The summed E-state index contributed by atoms with van der Waals surface area (Å²) < 4.78 is 1.87. The highest BCUT2D eigenvalue weighted by Gasteiger charge is 2.29. The standard InChI is InChI=1S/C16H20Br2N2O/c17-13-6-12(7-14(18)8-13)16(21)20(9-11-3-4-11)10-15-2-1-5-19-15/h6-8,11,15,19H,1-5,9-10H2. The number of benzene rings is 1. The molecule has 1 aliphatic heterocycles. The lowest BCUT2D eigenvalue weighted by atomic mass is 10.1. The number of hydrogen-bond donors (Lipinski definition) is 1. The normalized spacial score (nSPS) is 21.5. The summed E-state index contributed by atoms with van der Waals surface area (Å²) in [5.41, 5.74) is 0.759. The van der Waals surface area contributed by atoms with Crippen molar-refractivity contribution in [3.05, 3.63) is 32.7 Å². The number of nitrogens with zero attached hydrogens (tertiary/aromatic N) is 1. The Labute approximate surface area is 142 Å². The van der Waals surface area contributed by atoms with Crippen LogP contribution in [0.2, 0.25) is 0 Å². The fraction of sp³-hybridized carbons (Fsp3) is 0.562. The maximum absolute atomic E-state index is 12.9. The van der Waals surface area contributed by atoms with Crippen molar-refractivity contribution in [1.82, 2.24) is 10.2 Å². The topological polar surface area (TPSA) is 32.3 Å². The average Bonchev–Trinajstić information content (AvgIpc) is 3.10. The second kappa shape index (κ2) is 6.80. The maximum Gasteiger partial charge on any atom is 0.253 e. The van der Waals surface area contributed by atoms with Gasteiger partial charge in [-0.3, -0.25) is 4.79 Å². The zero-order valence-electron chi connectivity index (χ0n) is 11.9. The fourth-order valence-corrected chi connectivity index (χ4v) is 4.18. The fourth-order valence-electron chi connectivity index (χ4n) is 2.89. The van der Waals surface area contributed by atoms with Gasteiger partial charge in [-0.25, -0.2) is 0 Å². The van der Waals surface area contributed by atoms with Crippen LogP contribution in [0.4, 0.5) is 0 Å². The van der Waals surface area contributed by atoms with Gasteiger partial charge in [0.15, 0.2) is 0 Å². The van der Waals surface area contributed by atoms with Crippen LogP contribution in [-0.2, 0) is 0 Å². The average molecular weight is 416 g/mol. The molecule has 1 saturated heterocycles. The lowest BCUT2D eigenvalue weighted by Gasteiger charge is -2.26. The van der Waals surface area contributed by atoms with Gasteiger partial charge >= 0.3 is 0 Å². The van der Waals surface area contributed by atoms with Crippen LogP contribution in [0.1, 0.15) is 36.0 Å². The van der Waals surface area contributed by atoms with Gasteiger partial charge in [-0.15, -0.1) is 0 Å². The second-order valence-electron chi connectivity index (χ2n) is 6.10. The van der Waals surface area contributed by atoms with Crippen LogP contribution in [0.5, 0.6) is 0 Å². The SMILES string of the molecule is O=C(c1cc(Br)cc(Br)c1)N(CC1CC1)CC1CCCN1. The molecule has 0 aromatic heterocycles. The molecule has 1 saturated carbocycles. The van der Waals surface area contributed by atoms with Crippen LogP contribution < -0.4 is 5.32 Å². The third-order valence-corrected chi connectivity index (χ3v) is 5.09. The summed E-state index contributed by atoms with van der Waals surface area (Å²) in [5, 5.41) is 3.50. The predicted octanol–water partition coefficient (Wildman–Crippen LogP) is 3.82. The lowest BCUT2D eigenvalue weighted by Crippen LogP contribution is -2.42. The Hall–Kier alpha value is -0.390. The summed E-state index contributed by atoms with van der Waals surface area (Å²) in [7, 11) is 0. The van der Waals surface area contributed by atoms with Crippen LogP contribution in [0.25, 0.3) is 0 Å². The van der Waals surface area contributed by atoms with Gasteiger partial charge in [-0.2, -0.15) is 0 Å². The largest absolute Gasteiger partial charge is 0.337 e. The van der Waals surface area contributed by atoms with E-state index in [4.69, 9.17) is 0 Å². The quantitative estimate of drug-likeness (QED) is 0.792. The first-order valence-electron chi connectivity index (χ1n) is 7.60. The van der Waals surface area contributed by atoms with E-state index in [1.807, 2.05) is 18.2 Å². The van der Waals surface area contributed by atoms with E-state index in [9.17, 15) is 4.79 Å². The number of halogens is 2. The Kier molecular flexibility index (Phi) is 5.02. The zero-order valence-corrected chi connectivity index (χ0v) is 15.1. The van der Waals surface area contributed by atoms with Crippen molar-refractivity contribution in [3.8, 4) is 0 Å². The Balaban J connectivity index is 1.74. The highest BCUT2D eigenvalue weighted by Crippen LogP contribution is 2.31. The van der Waals surface area contributed by atoms with Crippen molar-refractivity contribution >= 4 is 37.8 Å². The van der Waals surface area contributed by atoms with E-state index < -0.39 is 0 Å². The van der Waals surface area contributed by atoms with Gasteiger partial charge in [0.25, 0.3) is 5.91 Å². The zero-order chi connectivity index (χ0) is 14.8. The van der Waals surface area contributed by atoms with Gasteiger partial charge < -0.3 is 10.2 Å². The summed E-state index contributed by atoms with van der Waals surface area (Å²) in [6.07, 6.45) is 4.93. The molecule has 0 spiro atoms. The third kappa shape index (κ3) is 4.30. The van der Waals surface area contributed by atoms with Crippen LogP contribution in [0, 0.1) is 5.92 Å². The smallest absolute Gasteiger partial charge is 0.253 e. The van der Waals surface area contributed by atoms with Gasteiger partial charge in [-0.05, 0) is 56.3 Å². The minimum absolute atomic E-state index is 0.151. The number of carbonyl (C=O) groups is 1. The molecular weight excluding hydrogens is 396 g/mol. The van der Waals surface area contributed by atoms with Crippen molar-refractivity contribution in [1.29, 1.82) is 0 Å². The number of carbonyl (C=O) groups excluding carboxylic acids is 1. The Morgan fingerprint density at radius 2 is 1.86 bits per heavy atom. The summed E-state index contributed by atoms with van der Waals surface area (Å²) in [4.78, 5) is 14.9. The van der Waals surface area contributed by atoms with E-state index in [0.29, 0.717) is 12.0 Å². The van der Waals surface area contributed by atoms with E-state index in [1.54, 1.807) is 0 Å². The van der Waals surface area contributed by atoms with Crippen molar-refractivity contribution in [2.45, 2.75) is 31.7 Å². The van der Waals surface area contributed by atoms with E-state index in [-0.39, 0.29) is 5.91 Å². The molecular formula is C16H20Br2N2O. The van der Waals surface area contributed by atoms with Crippen LogP contribution in [0.15, 0.2) is 27.1 Å². The number of hydrogen-bond acceptors (Lipinski definition) is 2. The number of amides is 1. The molecule has 1 aliphatic carbocycles. The molecule has 1 atom stereocenters. The summed E-state index contributed by atoms with van der Waals surface area (Å²) in [6, 6.07) is 6.24. The first-order valence-corrected chi connectivity index (χ1v) is 9.19. The highest BCUT2D eigenvalue weighted by molar-refractivity contribution is 9.11. The highest BCUT2D eigenvalue weighted by atomic mass is 79.9. The lowest BCUT2D eigenvalue weighted by molar-refractivity contribution is 0.0733. The second-order valence-corrected chi connectivity index (χ2v) is 7.94. The molecule has 2 fully saturated rings. The Bertz CT molecular complexity index is 505. The van der Waals surface area contributed by atoms with E-state index in [0.717, 1.165) is 34.1 Å². The molecule has 2 aliphatic rings. The van der Waals surface area contributed by atoms with Crippen molar-refractivity contribution in [3.63, 3.8) is 0 Å². The summed E-state index contributed by atoms with van der Waals surface area (Å²) >= 11 is 6.94. The molecule has 1 N–H and O–H groups in total. The molecule has 1 amide bonds. The van der Waals surface area contributed by atoms with E-state index >= 15 is 0 Å². The van der Waals surface area contributed by atoms with Crippen molar-refractivity contribution in [2.24, 2.45) is 5.92 Å². The molecule has 1 heterocycles. The number of rotatable bonds is 5. The summed E-state index contributed by atoms with van der Waals surface area (Å²) in [5.74, 6) is 0.864. The maximum atomic E-state index is 12.9. The molecule has 1 aromatic rings. The van der Waals surface area contributed by atoms with E-state index in [2.05, 4.69) is 42.1 Å². The predicted molar refractivity (Wildman–Crippen MR) is 91.5 cm³/mol. The van der Waals surface area contributed by atoms with Gasteiger partial charge in [0.2, 0.25) is 0 Å². The van der Waals surface area contributed by atoms with E-state index in [1.165, 1.54) is 25.7 Å². The van der Waals surface area contributed by atoms with Crippen LogP contribution in [-0.4, -0.2) is 36.5 Å². The number of nitrogens with one attached hydrogen (secondary N) is 1. The molecule has 1 aromatic carbocycles. The molecule has 21 heavy (non-hydrogen) atoms. The van der Waals surface area contributed by atoms with Crippen molar-refractivity contribution in [2.75, 3.05) is 19.6 Å². The minimum atomic E-state index is 0.151. The van der Waals surface area contributed by atoms with Crippen LogP contribution in [0.3, 0.4) is 0 Å². The molecule has 1 unspecified atom stereocenters. The van der Waals surface area contributed by atoms with Gasteiger partial charge in [-0.1, -0.05) is 31.9 Å². The molecule has 0 bridgehead atoms. The van der Waals surface area contributed by atoms with Gasteiger partial charge in [0.1, 0.15) is 0 Å². The Morgan fingerprint density at radius 1 is 1.14 bits per heavy atom. The first kappa shape index (κ1) is 15.5.